The number of sulfone groups is 1. The van der Waals surface area contributed by atoms with E-state index in [2.05, 4.69) is 0 Å². The van der Waals surface area contributed by atoms with Crippen molar-refractivity contribution in [3.05, 3.63) is 52.9 Å². The number of hydrogen-bond donors (Lipinski definition) is 2. The number of ether oxygens (including phenoxy) is 1. The summed E-state index contributed by atoms with van der Waals surface area (Å²) in [5.74, 6) is 0.466. The van der Waals surface area contributed by atoms with Crippen molar-refractivity contribution in [1.29, 1.82) is 0 Å². The lowest BCUT2D eigenvalue weighted by Gasteiger charge is -2.07. The highest BCUT2D eigenvalue weighted by molar-refractivity contribution is 7.95. The van der Waals surface area contributed by atoms with Crippen molar-refractivity contribution in [1.82, 2.24) is 0 Å². The van der Waals surface area contributed by atoms with Gasteiger partial charge in [-0.3, -0.25) is 0 Å². The Hall–Kier alpha value is -2.47. The summed E-state index contributed by atoms with van der Waals surface area (Å²) in [4.78, 5) is 0.378. The van der Waals surface area contributed by atoms with Crippen molar-refractivity contribution in [2.75, 3.05) is 12.3 Å². The Labute approximate surface area is 122 Å². The highest BCUT2D eigenvalue weighted by atomic mass is 32.2. The van der Waals surface area contributed by atoms with E-state index in [1.165, 1.54) is 18.2 Å². The molecule has 6 heteroatoms. The van der Waals surface area contributed by atoms with Crippen molar-refractivity contribution < 1.29 is 18.3 Å². The van der Waals surface area contributed by atoms with Crippen LogP contribution in [0.1, 0.15) is 5.56 Å². The molecule has 0 saturated heterocycles. The van der Waals surface area contributed by atoms with E-state index >= 15 is 0 Å². The first kappa shape index (κ1) is 13.5. The molecule has 0 spiro atoms. The van der Waals surface area contributed by atoms with Gasteiger partial charge in [0.1, 0.15) is 18.1 Å². The van der Waals surface area contributed by atoms with Gasteiger partial charge in [-0.1, -0.05) is 12.1 Å². The molecule has 3 rings (SSSR count). The summed E-state index contributed by atoms with van der Waals surface area (Å²) in [5.41, 5.74) is 6.65. The smallest absolute Gasteiger partial charge is 0.206 e. The SMILES string of the molecule is Nc1ccc2c(c1)S(=O)(=O)C(COc1cccc(O)c1)=C2. The van der Waals surface area contributed by atoms with Crippen LogP contribution in [0.5, 0.6) is 11.5 Å². The van der Waals surface area contributed by atoms with Crippen LogP contribution in [0.25, 0.3) is 6.08 Å². The monoisotopic (exact) mass is 303 g/mol. The molecule has 21 heavy (non-hydrogen) atoms. The largest absolute Gasteiger partial charge is 0.508 e. The summed E-state index contributed by atoms with van der Waals surface area (Å²) >= 11 is 0. The quantitative estimate of drug-likeness (QED) is 0.848. The molecule has 0 aliphatic carbocycles. The van der Waals surface area contributed by atoms with Gasteiger partial charge in [-0.25, -0.2) is 8.42 Å². The van der Waals surface area contributed by atoms with Gasteiger partial charge >= 0.3 is 0 Å². The third-order valence-corrected chi connectivity index (χ3v) is 5.05. The van der Waals surface area contributed by atoms with Crippen LogP contribution in [-0.2, 0) is 9.84 Å². The molecule has 0 fully saturated rings. The van der Waals surface area contributed by atoms with Crippen LogP contribution in [-0.4, -0.2) is 20.1 Å². The fourth-order valence-electron chi connectivity index (χ4n) is 2.14. The molecule has 1 heterocycles. The van der Waals surface area contributed by atoms with Crippen molar-refractivity contribution in [3.63, 3.8) is 0 Å². The molecule has 2 aromatic carbocycles. The highest BCUT2D eigenvalue weighted by Crippen LogP contribution is 2.34. The lowest BCUT2D eigenvalue weighted by atomic mass is 10.2. The third kappa shape index (κ3) is 2.45. The number of benzene rings is 2. The first-order valence-corrected chi connectivity index (χ1v) is 7.72. The van der Waals surface area contributed by atoms with E-state index in [-0.39, 0.29) is 22.2 Å². The fourth-order valence-corrected chi connectivity index (χ4v) is 3.65. The number of aromatic hydroxyl groups is 1. The molecule has 2 aromatic rings. The van der Waals surface area contributed by atoms with Gasteiger partial charge in [-0.15, -0.1) is 0 Å². The summed E-state index contributed by atoms with van der Waals surface area (Å²) in [6.07, 6.45) is 1.58. The van der Waals surface area contributed by atoms with Gasteiger partial charge < -0.3 is 15.6 Å². The molecule has 1 aliphatic rings. The highest BCUT2D eigenvalue weighted by Gasteiger charge is 2.30. The van der Waals surface area contributed by atoms with Gasteiger partial charge in [-0.05, 0) is 35.9 Å². The van der Waals surface area contributed by atoms with Crippen molar-refractivity contribution >= 4 is 21.6 Å². The van der Waals surface area contributed by atoms with Crippen molar-refractivity contribution in [3.8, 4) is 11.5 Å². The standard InChI is InChI=1S/C15H13NO4S/c16-11-5-4-10-6-14(21(18,19)15(10)7-11)9-20-13-3-1-2-12(17)8-13/h1-8,17H,9,16H2. The molecule has 0 radical (unpaired) electrons. The average molecular weight is 303 g/mol. The molecular formula is C15H13NO4S. The molecule has 1 aliphatic heterocycles. The third-order valence-electron chi connectivity index (χ3n) is 3.19. The van der Waals surface area contributed by atoms with Gasteiger partial charge in [0, 0.05) is 11.8 Å². The zero-order valence-electron chi connectivity index (χ0n) is 11.0. The van der Waals surface area contributed by atoms with Crippen molar-refractivity contribution in [2.24, 2.45) is 0 Å². The van der Waals surface area contributed by atoms with Crippen molar-refractivity contribution in [2.45, 2.75) is 4.90 Å². The number of nitrogens with two attached hydrogens (primary N) is 1. The van der Waals surface area contributed by atoms with Crippen LogP contribution < -0.4 is 10.5 Å². The Morgan fingerprint density at radius 1 is 1.14 bits per heavy atom. The van der Waals surface area contributed by atoms with Gasteiger partial charge in [0.25, 0.3) is 0 Å². The number of phenolic OH excluding ortho intramolecular Hbond substituents is 1. The minimum absolute atomic E-state index is 0.0619. The summed E-state index contributed by atoms with van der Waals surface area (Å²) in [7, 11) is -3.56. The topological polar surface area (TPSA) is 89.6 Å². The van der Waals surface area contributed by atoms with E-state index < -0.39 is 9.84 Å². The minimum Gasteiger partial charge on any atom is -0.508 e. The molecule has 0 unspecified atom stereocenters. The van der Waals surface area contributed by atoms with Crippen LogP contribution >= 0.6 is 0 Å². The first-order chi connectivity index (χ1) is 9.96. The van der Waals surface area contributed by atoms with E-state index in [1.807, 2.05) is 0 Å². The zero-order chi connectivity index (χ0) is 15.0. The van der Waals surface area contributed by atoms with E-state index in [9.17, 15) is 13.5 Å². The summed E-state index contributed by atoms with van der Waals surface area (Å²) in [6, 6.07) is 11.0. The predicted molar refractivity (Wildman–Crippen MR) is 79.6 cm³/mol. The second kappa shape index (κ2) is 4.82. The normalized spacial score (nSPS) is 15.3. The molecule has 108 valence electrons. The van der Waals surface area contributed by atoms with Crippen LogP contribution in [0.15, 0.2) is 52.3 Å². The lowest BCUT2D eigenvalue weighted by Crippen LogP contribution is -2.09. The number of rotatable bonds is 3. The summed E-state index contributed by atoms with van der Waals surface area (Å²) in [5, 5.41) is 9.35. The number of nitrogen functional groups attached to an aromatic ring is 1. The Balaban J connectivity index is 1.85. The maximum absolute atomic E-state index is 12.4. The van der Waals surface area contributed by atoms with Gasteiger partial charge in [0.2, 0.25) is 9.84 Å². The molecule has 0 saturated carbocycles. The Morgan fingerprint density at radius 2 is 1.95 bits per heavy atom. The summed E-state index contributed by atoms with van der Waals surface area (Å²) in [6.45, 7) is -0.0969. The lowest BCUT2D eigenvalue weighted by molar-refractivity contribution is 0.356. The molecule has 3 N–H and O–H groups in total. The van der Waals surface area contributed by atoms with E-state index in [0.29, 0.717) is 17.0 Å². The van der Waals surface area contributed by atoms with Crippen LogP contribution in [0.4, 0.5) is 5.69 Å². The van der Waals surface area contributed by atoms with Gasteiger partial charge in [0.15, 0.2) is 0 Å². The Bertz CT molecular complexity index is 841. The van der Waals surface area contributed by atoms with Crippen LogP contribution in [0.3, 0.4) is 0 Å². The first-order valence-electron chi connectivity index (χ1n) is 6.24. The second-order valence-corrected chi connectivity index (χ2v) is 6.67. The van der Waals surface area contributed by atoms with Gasteiger partial charge in [-0.2, -0.15) is 0 Å². The Morgan fingerprint density at radius 3 is 2.71 bits per heavy atom. The fraction of sp³-hybridized carbons (Fsp3) is 0.0667. The molecular weight excluding hydrogens is 290 g/mol. The number of fused-ring (bicyclic) bond motifs is 1. The number of phenols is 1. The molecule has 5 nitrogen and oxygen atoms in total. The van der Waals surface area contributed by atoms with Crippen LogP contribution in [0.2, 0.25) is 0 Å². The summed E-state index contributed by atoms with van der Waals surface area (Å²) < 4.78 is 30.2. The number of anilines is 1. The van der Waals surface area contributed by atoms with E-state index in [0.717, 1.165) is 0 Å². The predicted octanol–water partition coefficient (Wildman–Crippen LogP) is 2.18. The van der Waals surface area contributed by atoms with E-state index in [4.69, 9.17) is 10.5 Å². The molecule has 0 aromatic heterocycles. The minimum atomic E-state index is -3.56. The average Bonchev–Trinajstić information content (AvgIpc) is 2.68. The Kier molecular flexibility index (Phi) is 3.10. The maximum Gasteiger partial charge on any atom is 0.206 e. The van der Waals surface area contributed by atoms with Gasteiger partial charge in [0.05, 0.1) is 9.80 Å². The second-order valence-electron chi connectivity index (χ2n) is 4.70. The number of hydrogen-bond acceptors (Lipinski definition) is 5. The molecule has 0 bridgehead atoms. The van der Waals surface area contributed by atoms with Crippen LogP contribution in [0, 0.1) is 0 Å². The maximum atomic E-state index is 12.4. The molecule has 0 atom stereocenters. The molecule has 0 amide bonds. The zero-order valence-corrected chi connectivity index (χ0v) is 11.8. The van der Waals surface area contributed by atoms with E-state index in [1.54, 1.807) is 30.3 Å².